The normalized spacial score (nSPS) is 13.0. The van der Waals surface area contributed by atoms with Gasteiger partial charge in [0.25, 0.3) is 0 Å². The summed E-state index contributed by atoms with van der Waals surface area (Å²) in [6.07, 6.45) is 1.17. The molecule has 1 aromatic carbocycles. The molecule has 2 heteroatoms. The van der Waals surface area contributed by atoms with Gasteiger partial charge in [-0.2, -0.15) is 0 Å². The smallest absolute Gasteiger partial charge is 0.0177 e. The van der Waals surface area contributed by atoms with Crippen LogP contribution in [-0.2, 0) is 0 Å². The summed E-state index contributed by atoms with van der Waals surface area (Å²) in [7, 11) is 0. The highest BCUT2D eigenvalue weighted by Crippen LogP contribution is 2.25. The van der Waals surface area contributed by atoms with Crippen LogP contribution in [-0.4, -0.2) is 0 Å². The summed E-state index contributed by atoms with van der Waals surface area (Å²) in [5, 5.41) is 0. The molecule has 0 nitrogen and oxygen atoms in total. The molecular formula is C10H14S2. The van der Waals surface area contributed by atoms with E-state index in [0.717, 1.165) is 9.79 Å². The van der Waals surface area contributed by atoms with Crippen LogP contribution < -0.4 is 0 Å². The highest BCUT2D eigenvalue weighted by molar-refractivity contribution is 7.83. The van der Waals surface area contributed by atoms with Crippen LogP contribution in [0.25, 0.3) is 0 Å². The van der Waals surface area contributed by atoms with Crippen molar-refractivity contribution in [1.82, 2.24) is 0 Å². The molecular weight excluding hydrogens is 184 g/mol. The molecule has 0 radical (unpaired) electrons. The van der Waals surface area contributed by atoms with E-state index in [9.17, 15) is 0 Å². The Morgan fingerprint density at radius 3 is 2.42 bits per heavy atom. The molecule has 0 saturated carbocycles. The Morgan fingerprint density at radius 2 is 1.92 bits per heavy atom. The molecule has 0 heterocycles. The first-order chi connectivity index (χ1) is 5.65. The van der Waals surface area contributed by atoms with Crippen molar-refractivity contribution in [3.8, 4) is 0 Å². The summed E-state index contributed by atoms with van der Waals surface area (Å²) >= 11 is 8.59. The molecule has 0 aromatic heterocycles. The minimum atomic E-state index is 0.616. The molecule has 0 aliphatic carbocycles. The van der Waals surface area contributed by atoms with Crippen molar-refractivity contribution in [2.75, 3.05) is 0 Å². The molecule has 0 bridgehead atoms. The maximum absolute atomic E-state index is 4.32. The highest BCUT2D eigenvalue weighted by atomic mass is 32.1. The van der Waals surface area contributed by atoms with Crippen LogP contribution >= 0.6 is 25.3 Å². The van der Waals surface area contributed by atoms with E-state index in [2.05, 4.69) is 51.2 Å². The van der Waals surface area contributed by atoms with E-state index in [1.165, 1.54) is 12.0 Å². The highest BCUT2D eigenvalue weighted by Gasteiger charge is 2.03. The number of hydrogen-bond donors (Lipinski definition) is 2. The average molecular weight is 198 g/mol. The third-order valence-corrected chi connectivity index (χ3v) is 3.12. The summed E-state index contributed by atoms with van der Waals surface area (Å²) in [4.78, 5) is 1.92. The fourth-order valence-electron chi connectivity index (χ4n) is 1.08. The Bertz CT molecular complexity index is 269. The van der Waals surface area contributed by atoms with E-state index in [-0.39, 0.29) is 0 Å². The van der Waals surface area contributed by atoms with E-state index >= 15 is 0 Å². The van der Waals surface area contributed by atoms with Crippen molar-refractivity contribution in [1.29, 1.82) is 0 Å². The van der Waals surface area contributed by atoms with E-state index in [4.69, 9.17) is 0 Å². The Labute approximate surface area is 85.2 Å². The van der Waals surface area contributed by atoms with Gasteiger partial charge in [0.15, 0.2) is 0 Å². The lowest BCUT2D eigenvalue weighted by Crippen LogP contribution is -1.90. The second kappa shape index (κ2) is 4.24. The lowest BCUT2D eigenvalue weighted by Gasteiger charge is -2.09. The summed E-state index contributed by atoms with van der Waals surface area (Å²) in [6, 6.07) is 6.22. The first-order valence-electron chi connectivity index (χ1n) is 4.17. The minimum Gasteiger partial charge on any atom is -0.142 e. The zero-order valence-electron chi connectivity index (χ0n) is 7.41. The van der Waals surface area contributed by atoms with Crippen LogP contribution in [0.1, 0.15) is 31.7 Å². The van der Waals surface area contributed by atoms with Gasteiger partial charge in [-0.1, -0.05) is 19.9 Å². The molecule has 0 aliphatic heterocycles. The van der Waals surface area contributed by atoms with Gasteiger partial charge >= 0.3 is 0 Å². The van der Waals surface area contributed by atoms with Crippen LogP contribution in [0.5, 0.6) is 0 Å². The Hall–Kier alpha value is -0.0800. The van der Waals surface area contributed by atoms with Crippen LogP contribution in [0.15, 0.2) is 28.0 Å². The summed E-state index contributed by atoms with van der Waals surface area (Å²) in [5.74, 6) is 0.616. The van der Waals surface area contributed by atoms with Crippen LogP contribution in [0.3, 0.4) is 0 Å². The summed E-state index contributed by atoms with van der Waals surface area (Å²) in [6.45, 7) is 4.41. The van der Waals surface area contributed by atoms with Gasteiger partial charge in [0.2, 0.25) is 0 Å². The molecule has 0 spiro atoms. The Balaban J connectivity index is 2.96. The number of rotatable bonds is 2. The van der Waals surface area contributed by atoms with Gasteiger partial charge in [0, 0.05) is 9.79 Å². The van der Waals surface area contributed by atoms with Gasteiger partial charge in [-0.15, -0.1) is 25.3 Å². The molecule has 1 aromatic rings. The maximum Gasteiger partial charge on any atom is 0.0177 e. The third-order valence-electron chi connectivity index (χ3n) is 2.18. The van der Waals surface area contributed by atoms with E-state index < -0.39 is 0 Å². The SMILES string of the molecule is CCC(C)c1ccc(S)c(S)c1. The number of hydrogen-bond acceptors (Lipinski definition) is 2. The van der Waals surface area contributed by atoms with Gasteiger partial charge in [-0.05, 0) is 30.0 Å². The van der Waals surface area contributed by atoms with Gasteiger partial charge in [-0.3, -0.25) is 0 Å². The van der Waals surface area contributed by atoms with Crippen molar-refractivity contribution >= 4 is 25.3 Å². The predicted molar refractivity (Wildman–Crippen MR) is 59.7 cm³/mol. The maximum atomic E-state index is 4.32. The fraction of sp³-hybridized carbons (Fsp3) is 0.400. The van der Waals surface area contributed by atoms with Crippen molar-refractivity contribution in [3.05, 3.63) is 23.8 Å². The number of benzene rings is 1. The van der Waals surface area contributed by atoms with Crippen LogP contribution in [0, 0.1) is 0 Å². The standard InChI is InChI=1S/C10H14S2/c1-3-7(2)8-4-5-9(11)10(12)6-8/h4-7,11-12H,3H2,1-2H3. The fourth-order valence-corrected chi connectivity index (χ4v) is 1.45. The van der Waals surface area contributed by atoms with Crippen molar-refractivity contribution in [2.24, 2.45) is 0 Å². The molecule has 0 aliphatic rings. The predicted octanol–water partition coefficient (Wildman–Crippen LogP) is 3.78. The zero-order valence-corrected chi connectivity index (χ0v) is 9.20. The largest absolute Gasteiger partial charge is 0.142 e. The molecule has 1 rings (SSSR count). The lowest BCUT2D eigenvalue weighted by molar-refractivity contribution is 0.730. The lowest BCUT2D eigenvalue weighted by atomic mass is 9.99. The average Bonchev–Trinajstić information content (AvgIpc) is 2.08. The quantitative estimate of drug-likeness (QED) is 0.664. The molecule has 0 N–H and O–H groups in total. The number of thiol groups is 2. The van der Waals surface area contributed by atoms with Gasteiger partial charge in [-0.25, -0.2) is 0 Å². The van der Waals surface area contributed by atoms with E-state index in [1.807, 2.05) is 6.07 Å². The second-order valence-corrected chi connectivity index (χ2v) is 4.02. The molecule has 1 atom stereocenters. The van der Waals surface area contributed by atoms with E-state index in [1.54, 1.807) is 0 Å². The van der Waals surface area contributed by atoms with Gasteiger partial charge < -0.3 is 0 Å². The van der Waals surface area contributed by atoms with Crippen LogP contribution in [0.2, 0.25) is 0 Å². The monoisotopic (exact) mass is 198 g/mol. The van der Waals surface area contributed by atoms with Crippen molar-refractivity contribution in [3.63, 3.8) is 0 Å². The zero-order chi connectivity index (χ0) is 9.14. The Morgan fingerprint density at radius 1 is 1.25 bits per heavy atom. The molecule has 12 heavy (non-hydrogen) atoms. The van der Waals surface area contributed by atoms with Crippen molar-refractivity contribution < 1.29 is 0 Å². The third kappa shape index (κ3) is 2.20. The van der Waals surface area contributed by atoms with Gasteiger partial charge in [0.05, 0.1) is 0 Å². The molecule has 0 amide bonds. The van der Waals surface area contributed by atoms with Crippen LogP contribution in [0.4, 0.5) is 0 Å². The minimum absolute atomic E-state index is 0.616. The molecule has 66 valence electrons. The first-order valence-corrected chi connectivity index (χ1v) is 5.06. The first kappa shape index (κ1) is 10.0. The van der Waals surface area contributed by atoms with Gasteiger partial charge in [0.1, 0.15) is 0 Å². The molecule has 1 unspecified atom stereocenters. The van der Waals surface area contributed by atoms with E-state index in [0.29, 0.717) is 5.92 Å². The Kier molecular flexibility index (Phi) is 3.53. The summed E-state index contributed by atoms with van der Waals surface area (Å²) in [5.41, 5.74) is 1.35. The second-order valence-electron chi connectivity index (χ2n) is 3.06. The van der Waals surface area contributed by atoms with Crippen molar-refractivity contribution in [2.45, 2.75) is 36.0 Å². The molecule has 0 fully saturated rings. The summed E-state index contributed by atoms with van der Waals surface area (Å²) < 4.78 is 0. The molecule has 0 saturated heterocycles. The topological polar surface area (TPSA) is 0 Å².